The molecule has 2 aromatic heterocycles. The number of piperidine rings is 1. The van der Waals surface area contributed by atoms with Gasteiger partial charge in [-0.1, -0.05) is 38.0 Å². The van der Waals surface area contributed by atoms with Crippen molar-refractivity contribution >= 4 is 22.7 Å². The Morgan fingerprint density at radius 3 is 2.50 bits per heavy atom. The van der Waals surface area contributed by atoms with Crippen LogP contribution in [0.4, 0.5) is 0 Å². The Morgan fingerprint density at radius 1 is 1.15 bits per heavy atom. The Bertz CT molecular complexity index is 1470. The number of aryl methyl sites for hydroxylation is 1. The second-order valence-electron chi connectivity index (χ2n) is 12.0. The summed E-state index contributed by atoms with van der Waals surface area (Å²) < 4.78 is 7.69. The molecule has 0 spiro atoms. The van der Waals surface area contributed by atoms with Crippen molar-refractivity contribution in [2.45, 2.75) is 78.8 Å². The average molecular weight is 547 g/mol. The van der Waals surface area contributed by atoms with Gasteiger partial charge in [-0.25, -0.2) is 0 Å². The zero-order valence-corrected chi connectivity index (χ0v) is 24.4. The minimum atomic E-state index is -0.267. The van der Waals surface area contributed by atoms with Crippen LogP contribution in [0.25, 0.3) is 10.9 Å². The number of hydrogen-bond acceptors (Lipinski definition) is 4. The van der Waals surface area contributed by atoms with Crippen LogP contribution in [0, 0.1) is 25.2 Å². The summed E-state index contributed by atoms with van der Waals surface area (Å²) in [5.74, 6) is 0.982. The molecule has 1 saturated heterocycles. The Labute approximate surface area is 236 Å². The molecular weight excluding hydrogens is 504 g/mol. The van der Waals surface area contributed by atoms with E-state index in [2.05, 4.69) is 39.7 Å². The van der Waals surface area contributed by atoms with Crippen molar-refractivity contribution in [3.8, 4) is 5.75 Å². The molecule has 3 aromatic rings. The second-order valence-corrected chi connectivity index (χ2v) is 12.0. The smallest absolute Gasteiger partial charge is 0.256 e. The summed E-state index contributed by atoms with van der Waals surface area (Å²) in [7, 11) is 1.52. The number of aromatic amines is 1. The highest BCUT2D eigenvalue weighted by Crippen LogP contribution is 2.41. The number of pyridine rings is 1. The lowest BCUT2D eigenvalue weighted by Gasteiger charge is -2.39. The first kappa shape index (κ1) is 28.0. The molecular formula is C32H42N4O4. The van der Waals surface area contributed by atoms with E-state index in [9.17, 15) is 14.4 Å². The van der Waals surface area contributed by atoms with Gasteiger partial charge in [0.1, 0.15) is 5.75 Å². The maximum atomic E-state index is 13.6. The van der Waals surface area contributed by atoms with Gasteiger partial charge < -0.3 is 24.5 Å². The van der Waals surface area contributed by atoms with E-state index in [1.807, 2.05) is 25.1 Å². The van der Waals surface area contributed by atoms with Crippen molar-refractivity contribution in [2.24, 2.45) is 11.3 Å². The van der Waals surface area contributed by atoms with E-state index >= 15 is 0 Å². The van der Waals surface area contributed by atoms with Crippen LogP contribution < -0.4 is 15.6 Å². The summed E-state index contributed by atoms with van der Waals surface area (Å²) in [6, 6.07) is 9.95. The number of nitrogens with zero attached hydrogens (tertiary/aromatic N) is 2. The SMILES string of the molecule is COc1cc(C)[nH]c(=O)c1CNC(=O)c1c(C)n([C@H](C)C2CCN(C(=O)C3(C)CCCC3)CC2)c2ccccc12. The van der Waals surface area contributed by atoms with E-state index in [0.717, 1.165) is 68.2 Å². The molecule has 1 aliphatic carbocycles. The van der Waals surface area contributed by atoms with Gasteiger partial charge in [-0.15, -0.1) is 0 Å². The van der Waals surface area contributed by atoms with Crippen LogP contribution in [0.1, 0.15) is 85.7 Å². The molecule has 2 fully saturated rings. The van der Waals surface area contributed by atoms with Gasteiger partial charge in [-0.2, -0.15) is 0 Å². The molecule has 0 radical (unpaired) electrons. The predicted octanol–water partition coefficient (Wildman–Crippen LogP) is 5.26. The fourth-order valence-electron chi connectivity index (χ4n) is 7.04. The first-order chi connectivity index (χ1) is 19.1. The van der Waals surface area contributed by atoms with Gasteiger partial charge in [0.05, 0.1) is 24.8 Å². The summed E-state index contributed by atoms with van der Waals surface area (Å²) in [6.07, 6.45) is 6.22. The van der Waals surface area contributed by atoms with Crippen molar-refractivity contribution in [2.75, 3.05) is 20.2 Å². The number of rotatable bonds is 7. The van der Waals surface area contributed by atoms with E-state index in [4.69, 9.17) is 4.74 Å². The van der Waals surface area contributed by atoms with Crippen molar-refractivity contribution in [3.05, 3.63) is 63.2 Å². The molecule has 2 N–H and O–H groups in total. The summed E-state index contributed by atoms with van der Waals surface area (Å²) >= 11 is 0. The van der Waals surface area contributed by atoms with E-state index in [0.29, 0.717) is 34.4 Å². The third-order valence-corrected chi connectivity index (χ3v) is 9.40. The number of benzene rings is 1. The maximum absolute atomic E-state index is 13.6. The molecule has 1 saturated carbocycles. The number of methoxy groups -OCH3 is 1. The lowest BCUT2D eigenvalue weighted by molar-refractivity contribution is -0.142. The van der Waals surface area contributed by atoms with Gasteiger partial charge in [0.15, 0.2) is 0 Å². The third-order valence-electron chi connectivity index (χ3n) is 9.40. The van der Waals surface area contributed by atoms with Gasteiger partial charge in [0, 0.05) is 46.8 Å². The van der Waals surface area contributed by atoms with Crippen LogP contribution >= 0.6 is 0 Å². The molecule has 8 heteroatoms. The average Bonchev–Trinajstić information content (AvgIpc) is 3.52. The summed E-state index contributed by atoms with van der Waals surface area (Å²) in [5.41, 5.74) is 3.22. The summed E-state index contributed by atoms with van der Waals surface area (Å²) in [5, 5.41) is 3.87. The highest BCUT2D eigenvalue weighted by Gasteiger charge is 2.40. The van der Waals surface area contributed by atoms with Crippen LogP contribution in [-0.4, -0.2) is 46.5 Å². The van der Waals surface area contributed by atoms with Crippen molar-refractivity contribution in [3.63, 3.8) is 0 Å². The number of aromatic nitrogens is 2. The van der Waals surface area contributed by atoms with Gasteiger partial charge in [0.25, 0.3) is 11.5 Å². The Morgan fingerprint density at radius 2 is 1.82 bits per heavy atom. The fraction of sp³-hybridized carbons (Fsp3) is 0.531. The molecule has 1 atom stereocenters. The molecule has 0 bridgehead atoms. The number of para-hydroxylation sites is 1. The topological polar surface area (TPSA) is 96.4 Å². The molecule has 1 aliphatic heterocycles. The van der Waals surface area contributed by atoms with E-state index in [1.54, 1.807) is 13.0 Å². The minimum Gasteiger partial charge on any atom is -0.496 e. The number of nitrogens with one attached hydrogen (secondary N) is 2. The Kier molecular flexibility index (Phi) is 7.80. The summed E-state index contributed by atoms with van der Waals surface area (Å²) in [4.78, 5) is 44.3. The zero-order valence-electron chi connectivity index (χ0n) is 24.4. The maximum Gasteiger partial charge on any atom is 0.256 e. The van der Waals surface area contributed by atoms with Crippen LogP contribution in [0.2, 0.25) is 0 Å². The largest absolute Gasteiger partial charge is 0.496 e. The Balaban J connectivity index is 1.35. The Hall–Kier alpha value is -3.55. The molecule has 3 heterocycles. The van der Waals surface area contributed by atoms with Gasteiger partial charge in [-0.3, -0.25) is 14.4 Å². The highest BCUT2D eigenvalue weighted by molar-refractivity contribution is 6.08. The first-order valence-corrected chi connectivity index (χ1v) is 14.6. The van der Waals surface area contributed by atoms with E-state index in [1.165, 1.54) is 7.11 Å². The number of hydrogen-bond donors (Lipinski definition) is 2. The molecule has 0 unspecified atom stereocenters. The highest BCUT2D eigenvalue weighted by atomic mass is 16.5. The van der Waals surface area contributed by atoms with Crippen LogP contribution in [0.15, 0.2) is 35.1 Å². The lowest BCUT2D eigenvalue weighted by atomic mass is 9.84. The molecule has 214 valence electrons. The molecule has 2 amide bonds. The van der Waals surface area contributed by atoms with Crippen molar-refractivity contribution < 1.29 is 14.3 Å². The number of carbonyl (C=O) groups is 2. The fourth-order valence-corrected chi connectivity index (χ4v) is 7.04. The van der Waals surface area contributed by atoms with Crippen molar-refractivity contribution in [1.82, 2.24) is 19.8 Å². The molecule has 8 nitrogen and oxygen atoms in total. The number of fused-ring (bicyclic) bond motifs is 1. The third kappa shape index (κ3) is 5.04. The van der Waals surface area contributed by atoms with Crippen LogP contribution in [-0.2, 0) is 11.3 Å². The molecule has 1 aromatic carbocycles. The monoisotopic (exact) mass is 546 g/mol. The van der Waals surface area contributed by atoms with Crippen LogP contribution in [0.5, 0.6) is 5.75 Å². The molecule has 40 heavy (non-hydrogen) atoms. The minimum absolute atomic E-state index is 0.0670. The number of H-pyrrole nitrogens is 1. The normalized spacial score (nSPS) is 18.2. The quantitative estimate of drug-likeness (QED) is 0.422. The zero-order chi connectivity index (χ0) is 28.6. The number of carbonyl (C=O) groups excluding carboxylic acids is 2. The van der Waals surface area contributed by atoms with Gasteiger partial charge in [-0.05, 0) is 64.5 Å². The standard InChI is InChI=1S/C32H42N4O4/c1-20-18-27(40-5)25(29(37)34-20)19-33-30(38)28-22(3)36(26-11-7-6-10-24(26)28)21(2)23-12-16-35(17-13-23)31(39)32(4)14-8-9-15-32/h6-7,10-11,18,21,23H,8-9,12-17,19H2,1-5H3,(H,33,38)(H,34,37)/t21-/m1/s1. The van der Waals surface area contributed by atoms with Crippen LogP contribution in [0.3, 0.4) is 0 Å². The number of ether oxygens (including phenoxy) is 1. The van der Waals surface area contributed by atoms with Gasteiger partial charge >= 0.3 is 0 Å². The number of amides is 2. The summed E-state index contributed by atoms with van der Waals surface area (Å²) in [6.45, 7) is 9.83. The number of likely N-dealkylation sites (tertiary alicyclic amines) is 1. The molecule has 5 rings (SSSR count). The van der Waals surface area contributed by atoms with Crippen molar-refractivity contribution in [1.29, 1.82) is 0 Å². The second kappa shape index (κ2) is 11.1. The molecule has 2 aliphatic rings. The van der Waals surface area contributed by atoms with Gasteiger partial charge in [0.2, 0.25) is 5.91 Å². The van der Waals surface area contributed by atoms with E-state index < -0.39 is 0 Å². The first-order valence-electron chi connectivity index (χ1n) is 14.6. The lowest BCUT2D eigenvalue weighted by Crippen LogP contribution is -2.46. The van der Waals surface area contributed by atoms with E-state index in [-0.39, 0.29) is 29.5 Å². The predicted molar refractivity (Wildman–Crippen MR) is 157 cm³/mol.